The SMILES string of the molecule is CC(C)[C@H](N)C(=O)O.O=C1CCC(=O)O1. The average Bonchev–Trinajstić information content (AvgIpc) is 2.49. The number of carbonyl (C=O) groups is 3. The van der Waals surface area contributed by atoms with Gasteiger partial charge < -0.3 is 15.6 Å². The summed E-state index contributed by atoms with van der Waals surface area (Å²) in [6.45, 7) is 3.55. The van der Waals surface area contributed by atoms with Gasteiger partial charge in [0, 0.05) is 0 Å². The van der Waals surface area contributed by atoms with E-state index in [2.05, 4.69) is 4.74 Å². The molecule has 0 amide bonds. The van der Waals surface area contributed by atoms with Crippen molar-refractivity contribution in [1.82, 2.24) is 0 Å². The van der Waals surface area contributed by atoms with Crippen molar-refractivity contribution in [1.29, 1.82) is 0 Å². The zero-order valence-corrected chi connectivity index (χ0v) is 8.73. The Balaban J connectivity index is 0.000000262. The summed E-state index contributed by atoms with van der Waals surface area (Å²) in [5.41, 5.74) is 5.16. The predicted molar refractivity (Wildman–Crippen MR) is 50.8 cm³/mol. The number of cyclic esters (lactones) is 2. The van der Waals surface area contributed by atoms with Crippen LogP contribution in [-0.4, -0.2) is 29.1 Å². The lowest BCUT2D eigenvalue weighted by Gasteiger charge is -2.07. The van der Waals surface area contributed by atoms with Crippen molar-refractivity contribution < 1.29 is 24.2 Å². The number of ether oxygens (including phenoxy) is 1. The normalized spacial score (nSPS) is 16.8. The number of carboxylic acid groups (broad SMARTS) is 1. The molecule has 1 atom stereocenters. The van der Waals surface area contributed by atoms with Gasteiger partial charge in [0.25, 0.3) is 0 Å². The fourth-order valence-electron chi connectivity index (χ4n) is 0.718. The minimum atomic E-state index is -0.931. The highest BCUT2D eigenvalue weighted by atomic mass is 16.6. The Labute approximate surface area is 87.4 Å². The lowest BCUT2D eigenvalue weighted by Crippen LogP contribution is -2.34. The molecule has 0 unspecified atom stereocenters. The Morgan fingerprint density at radius 1 is 1.33 bits per heavy atom. The summed E-state index contributed by atoms with van der Waals surface area (Å²) in [6, 6.07) is -0.713. The van der Waals surface area contributed by atoms with E-state index in [1.54, 1.807) is 13.8 Å². The van der Waals surface area contributed by atoms with Crippen LogP contribution in [0.25, 0.3) is 0 Å². The fraction of sp³-hybridized carbons (Fsp3) is 0.667. The molecule has 15 heavy (non-hydrogen) atoms. The predicted octanol–water partition coefficient (Wildman–Crippen LogP) is -0.0957. The van der Waals surface area contributed by atoms with Gasteiger partial charge in [-0.3, -0.25) is 14.4 Å². The van der Waals surface area contributed by atoms with Crippen LogP contribution < -0.4 is 5.73 Å². The Morgan fingerprint density at radius 3 is 1.80 bits per heavy atom. The standard InChI is InChI=1S/C5H11NO2.C4H4O3/c1-3(2)4(6)5(7)8;5-3-1-2-4(6)7-3/h3-4H,6H2,1-2H3,(H,7,8);1-2H2/t4-;/m0./s1. The maximum atomic E-state index is 10.0. The summed E-state index contributed by atoms with van der Waals surface area (Å²) < 4.78 is 4.08. The van der Waals surface area contributed by atoms with Crippen LogP contribution in [0.1, 0.15) is 26.7 Å². The van der Waals surface area contributed by atoms with Gasteiger partial charge in [-0.05, 0) is 5.92 Å². The maximum absolute atomic E-state index is 10.0. The van der Waals surface area contributed by atoms with Crippen molar-refractivity contribution >= 4 is 17.9 Å². The van der Waals surface area contributed by atoms with E-state index in [1.165, 1.54) is 0 Å². The molecule has 0 bridgehead atoms. The molecule has 3 N–H and O–H groups in total. The maximum Gasteiger partial charge on any atom is 0.320 e. The lowest BCUT2D eigenvalue weighted by molar-refractivity contribution is -0.152. The fourth-order valence-corrected chi connectivity index (χ4v) is 0.718. The molecule has 0 spiro atoms. The number of carboxylic acids is 1. The zero-order valence-electron chi connectivity index (χ0n) is 8.73. The average molecular weight is 217 g/mol. The minimum Gasteiger partial charge on any atom is -0.480 e. The molecule has 1 saturated heterocycles. The van der Waals surface area contributed by atoms with Crippen LogP contribution in [0.4, 0.5) is 0 Å². The largest absolute Gasteiger partial charge is 0.480 e. The molecule has 1 heterocycles. The number of nitrogens with two attached hydrogens (primary N) is 1. The van der Waals surface area contributed by atoms with Gasteiger partial charge in [0.15, 0.2) is 0 Å². The smallest absolute Gasteiger partial charge is 0.320 e. The van der Waals surface area contributed by atoms with Gasteiger partial charge in [-0.1, -0.05) is 13.8 Å². The monoisotopic (exact) mass is 217 g/mol. The number of hydrogen-bond acceptors (Lipinski definition) is 5. The molecule has 6 heteroatoms. The first-order valence-electron chi connectivity index (χ1n) is 4.56. The van der Waals surface area contributed by atoms with Gasteiger partial charge in [-0.25, -0.2) is 0 Å². The van der Waals surface area contributed by atoms with Crippen LogP contribution in [0.2, 0.25) is 0 Å². The number of esters is 2. The molecule has 0 aliphatic carbocycles. The van der Waals surface area contributed by atoms with Gasteiger partial charge in [-0.15, -0.1) is 0 Å². The van der Waals surface area contributed by atoms with E-state index in [9.17, 15) is 14.4 Å². The summed E-state index contributed by atoms with van der Waals surface area (Å²) in [6.07, 6.45) is 0.525. The van der Waals surface area contributed by atoms with Crippen LogP contribution in [0, 0.1) is 5.92 Å². The van der Waals surface area contributed by atoms with E-state index in [0.717, 1.165) is 0 Å². The molecule has 1 rings (SSSR count). The molecule has 0 saturated carbocycles. The quantitative estimate of drug-likeness (QED) is 0.494. The molecule has 6 nitrogen and oxygen atoms in total. The third kappa shape index (κ3) is 5.79. The Bertz CT molecular complexity index is 247. The van der Waals surface area contributed by atoms with E-state index in [-0.39, 0.29) is 18.8 Å². The van der Waals surface area contributed by atoms with E-state index in [4.69, 9.17) is 10.8 Å². The molecule has 0 aromatic rings. The summed E-state index contributed by atoms with van der Waals surface area (Å²) in [5, 5.41) is 8.23. The summed E-state index contributed by atoms with van der Waals surface area (Å²) in [7, 11) is 0. The van der Waals surface area contributed by atoms with E-state index in [1.807, 2.05) is 0 Å². The second-order valence-corrected chi connectivity index (χ2v) is 3.45. The summed E-state index contributed by atoms with van der Waals surface area (Å²) in [5.74, 6) is -1.71. The van der Waals surface area contributed by atoms with Crippen molar-refractivity contribution in [2.24, 2.45) is 11.7 Å². The van der Waals surface area contributed by atoms with Gasteiger partial charge in [0.2, 0.25) is 0 Å². The highest BCUT2D eigenvalue weighted by molar-refractivity contribution is 5.92. The summed E-state index contributed by atoms with van der Waals surface area (Å²) >= 11 is 0. The highest BCUT2D eigenvalue weighted by Crippen LogP contribution is 2.03. The first-order chi connectivity index (χ1) is 6.84. The summed E-state index contributed by atoms with van der Waals surface area (Å²) in [4.78, 5) is 30.0. The second kappa shape index (κ2) is 6.13. The van der Waals surface area contributed by atoms with Crippen molar-refractivity contribution in [3.63, 3.8) is 0 Å². The topological polar surface area (TPSA) is 107 Å². The molecule has 1 fully saturated rings. The van der Waals surface area contributed by atoms with Crippen LogP contribution in [0.15, 0.2) is 0 Å². The second-order valence-electron chi connectivity index (χ2n) is 3.45. The van der Waals surface area contributed by atoms with Crippen molar-refractivity contribution in [3.05, 3.63) is 0 Å². The van der Waals surface area contributed by atoms with Crippen LogP contribution in [0.3, 0.4) is 0 Å². The van der Waals surface area contributed by atoms with Crippen molar-refractivity contribution in [2.45, 2.75) is 32.7 Å². The van der Waals surface area contributed by atoms with Gasteiger partial charge >= 0.3 is 17.9 Å². The van der Waals surface area contributed by atoms with Gasteiger partial charge in [0.05, 0.1) is 12.8 Å². The molecule has 0 aromatic carbocycles. The molecule has 0 radical (unpaired) electrons. The minimum absolute atomic E-state index is 0.0208. The van der Waals surface area contributed by atoms with Crippen molar-refractivity contribution in [3.8, 4) is 0 Å². The van der Waals surface area contributed by atoms with Crippen LogP contribution in [0.5, 0.6) is 0 Å². The Morgan fingerprint density at radius 2 is 1.73 bits per heavy atom. The van der Waals surface area contributed by atoms with Crippen molar-refractivity contribution in [2.75, 3.05) is 0 Å². The molecule has 1 aliphatic rings. The molecule has 86 valence electrons. The number of aliphatic carboxylic acids is 1. The van der Waals surface area contributed by atoms with E-state index < -0.39 is 23.9 Å². The Kier molecular flexibility index (Phi) is 5.54. The van der Waals surface area contributed by atoms with E-state index >= 15 is 0 Å². The third-order valence-corrected chi connectivity index (χ3v) is 1.76. The third-order valence-electron chi connectivity index (χ3n) is 1.76. The molecular weight excluding hydrogens is 202 g/mol. The number of carbonyl (C=O) groups excluding carboxylic acids is 2. The zero-order chi connectivity index (χ0) is 12.0. The highest BCUT2D eigenvalue weighted by Gasteiger charge is 2.19. The van der Waals surface area contributed by atoms with Crippen LogP contribution in [-0.2, 0) is 19.1 Å². The molecule has 1 aliphatic heterocycles. The number of rotatable bonds is 2. The molecule has 0 aromatic heterocycles. The van der Waals surface area contributed by atoms with E-state index in [0.29, 0.717) is 0 Å². The first kappa shape index (κ1) is 13.6. The first-order valence-corrected chi connectivity index (χ1v) is 4.56. The van der Waals surface area contributed by atoms with Crippen LogP contribution >= 0.6 is 0 Å². The molecular formula is C9H15NO5. The van der Waals surface area contributed by atoms with Gasteiger partial charge in [-0.2, -0.15) is 0 Å². The number of hydrogen-bond donors (Lipinski definition) is 2. The Hall–Kier alpha value is -1.43. The lowest BCUT2D eigenvalue weighted by atomic mass is 10.1. The van der Waals surface area contributed by atoms with Gasteiger partial charge in [0.1, 0.15) is 6.04 Å².